The molecule has 4 heteroatoms. The van der Waals surface area contributed by atoms with E-state index in [4.69, 9.17) is 9.84 Å². The number of ether oxygens (including phenoxy) is 1. The molecule has 0 aromatic rings. The summed E-state index contributed by atoms with van der Waals surface area (Å²) in [7, 11) is 0. The van der Waals surface area contributed by atoms with E-state index in [2.05, 4.69) is 0 Å². The maximum atomic E-state index is 10.9. The van der Waals surface area contributed by atoms with Gasteiger partial charge in [-0.25, -0.2) is 0 Å². The zero-order chi connectivity index (χ0) is 9.84. The lowest BCUT2D eigenvalue weighted by Gasteiger charge is -2.39. The molecule has 0 aromatic heterocycles. The minimum atomic E-state index is -0.377. The van der Waals surface area contributed by atoms with E-state index in [1.807, 2.05) is 13.8 Å². The zero-order valence-corrected chi connectivity index (χ0v) is 8.19. The predicted octanol–water partition coefficient (Wildman–Crippen LogP) is -0.138. The lowest BCUT2D eigenvalue weighted by molar-refractivity contribution is -0.142. The third kappa shape index (κ3) is 2.97. The van der Waals surface area contributed by atoms with Crippen molar-refractivity contribution in [2.75, 3.05) is 26.3 Å². The number of carbonyl (C=O) groups is 1. The van der Waals surface area contributed by atoms with Crippen LogP contribution >= 0.6 is 0 Å². The lowest BCUT2D eigenvalue weighted by atomic mass is 10.0. The van der Waals surface area contributed by atoms with Gasteiger partial charge in [0.1, 0.15) is 6.61 Å². The van der Waals surface area contributed by atoms with Crippen molar-refractivity contribution in [2.45, 2.75) is 20.0 Å². The molecule has 0 bridgehead atoms. The van der Waals surface area contributed by atoms with Crippen LogP contribution in [0, 0.1) is 5.92 Å². The SMILES string of the molecule is CC(C)OCC1CN(C(=O)CO)C1. The van der Waals surface area contributed by atoms with E-state index < -0.39 is 0 Å². The summed E-state index contributed by atoms with van der Waals surface area (Å²) < 4.78 is 5.41. The highest BCUT2D eigenvalue weighted by Crippen LogP contribution is 2.16. The average Bonchev–Trinajstić information content (AvgIpc) is 2.00. The second-order valence-electron chi connectivity index (χ2n) is 3.70. The molecule has 1 aliphatic heterocycles. The van der Waals surface area contributed by atoms with E-state index in [0.717, 1.165) is 13.1 Å². The molecule has 4 nitrogen and oxygen atoms in total. The molecule has 1 heterocycles. The fourth-order valence-electron chi connectivity index (χ4n) is 1.31. The lowest BCUT2D eigenvalue weighted by Crippen LogP contribution is -2.52. The quantitative estimate of drug-likeness (QED) is 0.666. The Balaban J connectivity index is 2.08. The summed E-state index contributed by atoms with van der Waals surface area (Å²) in [5, 5.41) is 8.55. The number of rotatable bonds is 4. The Morgan fingerprint density at radius 2 is 2.23 bits per heavy atom. The minimum Gasteiger partial charge on any atom is -0.387 e. The van der Waals surface area contributed by atoms with E-state index in [-0.39, 0.29) is 18.6 Å². The molecule has 13 heavy (non-hydrogen) atoms. The number of hydrogen-bond donors (Lipinski definition) is 1. The zero-order valence-electron chi connectivity index (χ0n) is 8.19. The van der Waals surface area contributed by atoms with Gasteiger partial charge in [0.2, 0.25) is 5.91 Å². The molecule has 0 unspecified atom stereocenters. The van der Waals surface area contributed by atoms with Crippen molar-refractivity contribution < 1.29 is 14.6 Å². The van der Waals surface area contributed by atoms with Gasteiger partial charge in [0.05, 0.1) is 12.7 Å². The van der Waals surface area contributed by atoms with Crippen LogP contribution in [0.3, 0.4) is 0 Å². The predicted molar refractivity (Wildman–Crippen MR) is 48.2 cm³/mol. The second kappa shape index (κ2) is 4.58. The molecule has 0 aromatic carbocycles. The van der Waals surface area contributed by atoms with Gasteiger partial charge >= 0.3 is 0 Å². The molecule has 1 aliphatic rings. The summed E-state index contributed by atoms with van der Waals surface area (Å²) in [4.78, 5) is 12.6. The summed E-state index contributed by atoms with van der Waals surface area (Å²) in [6.07, 6.45) is 0.252. The normalized spacial score (nSPS) is 17.7. The van der Waals surface area contributed by atoms with Crippen molar-refractivity contribution in [3.05, 3.63) is 0 Å². The molecular formula is C9H17NO3. The van der Waals surface area contributed by atoms with Crippen LogP contribution in [0.25, 0.3) is 0 Å². The van der Waals surface area contributed by atoms with Gasteiger partial charge < -0.3 is 14.7 Å². The van der Waals surface area contributed by atoms with Gasteiger partial charge in [-0.3, -0.25) is 4.79 Å². The van der Waals surface area contributed by atoms with E-state index in [1.165, 1.54) is 0 Å². The summed E-state index contributed by atoms with van der Waals surface area (Å²) >= 11 is 0. The summed E-state index contributed by atoms with van der Waals surface area (Å²) in [6, 6.07) is 0. The Morgan fingerprint density at radius 3 is 2.69 bits per heavy atom. The van der Waals surface area contributed by atoms with Crippen LogP contribution in [0.4, 0.5) is 0 Å². The Hall–Kier alpha value is -0.610. The van der Waals surface area contributed by atoms with Crippen LogP contribution in [0.15, 0.2) is 0 Å². The average molecular weight is 187 g/mol. The van der Waals surface area contributed by atoms with E-state index in [0.29, 0.717) is 12.5 Å². The second-order valence-corrected chi connectivity index (χ2v) is 3.70. The van der Waals surface area contributed by atoms with Gasteiger partial charge in [0.25, 0.3) is 0 Å². The number of nitrogens with zero attached hydrogens (tertiary/aromatic N) is 1. The minimum absolute atomic E-state index is 0.180. The largest absolute Gasteiger partial charge is 0.387 e. The number of aliphatic hydroxyl groups excluding tert-OH is 1. The number of carbonyl (C=O) groups excluding carboxylic acids is 1. The van der Waals surface area contributed by atoms with E-state index >= 15 is 0 Å². The topological polar surface area (TPSA) is 49.8 Å². The fraction of sp³-hybridized carbons (Fsp3) is 0.889. The van der Waals surface area contributed by atoms with Gasteiger partial charge in [0.15, 0.2) is 0 Å². The summed E-state index contributed by atoms with van der Waals surface area (Å²) in [5.74, 6) is 0.277. The molecule has 1 rings (SSSR count). The van der Waals surface area contributed by atoms with Gasteiger partial charge in [0, 0.05) is 19.0 Å². The van der Waals surface area contributed by atoms with E-state index in [9.17, 15) is 4.79 Å². The van der Waals surface area contributed by atoms with Crippen molar-refractivity contribution in [3.8, 4) is 0 Å². The monoisotopic (exact) mass is 187 g/mol. The van der Waals surface area contributed by atoms with Crippen LogP contribution in [-0.4, -0.2) is 48.3 Å². The molecule has 0 atom stereocenters. The number of hydrogen-bond acceptors (Lipinski definition) is 3. The van der Waals surface area contributed by atoms with Crippen LogP contribution in [0.2, 0.25) is 0 Å². The first-order valence-corrected chi connectivity index (χ1v) is 4.63. The Kier molecular flexibility index (Phi) is 3.69. The summed E-state index contributed by atoms with van der Waals surface area (Å²) in [6.45, 7) is 5.79. The molecule has 0 spiro atoms. The van der Waals surface area contributed by atoms with Crippen molar-refractivity contribution in [2.24, 2.45) is 5.92 Å². The first kappa shape index (κ1) is 10.5. The standard InChI is InChI=1S/C9H17NO3/c1-7(2)13-6-8-3-10(4-8)9(12)5-11/h7-8,11H,3-6H2,1-2H3. The van der Waals surface area contributed by atoms with Crippen molar-refractivity contribution in [1.29, 1.82) is 0 Å². The highest BCUT2D eigenvalue weighted by molar-refractivity contribution is 5.77. The number of amides is 1. The molecule has 0 saturated carbocycles. The maximum absolute atomic E-state index is 10.9. The molecule has 1 amide bonds. The fourth-order valence-corrected chi connectivity index (χ4v) is 1.31. The smallest absolute Gasteiger partial charge is 0.248 e. The molecule has 76 valence electrons. The Labute approximate surface area is 78.5 Å². The van der Waals surface area contributed by atoms with Crippen LogP contribution in [-0.2, 0) is 9.53 Å². The number of likely N-dealkylation sites (tertiary alicyclic amines) is 1. The third-order valence-electron chi connectivity index (χ3n) is 2.11. The molecule has 1 saturated heterocycles. The third-order valence-corrected chi connectivity index (χ3v) is 2.11. The van der Waals surface area contributed by atoms with Gasteiger partial charge in [-0.2, -0.15) is 0 Å². The van der Waals surface area contributed by atoms with Crippen LogP contribution in [0.5, 0.6) is 0 Å². The van der Waals surface area contributed by atoms with Crippen LogP contribution < -0.4 is 0 Å². The van der Waals surface area contributed by atoms with Crippen molar-refractivity contribution in [3.63, 3.8) is 0 Å². The van der Waals surface area contributed by atoms with Gasteiger partial charge in [-0.1, -0.05) is 0 Å². The Morgan fingerprint density at radius 1 is 1.62 bits per heavy atom. The molecule has 0 radical (unpaired) electrons. The van der Waals surface area contributed by atoms with Crippen LogP contribution in [0.1, 0.15) is 13.8 Å². The first-order valence-electron chi connectivity index (χ1n) is 4.63. The highest BCUT2D eigenvalue weighted by Gasteiger charge is 2.30. The molecule has 1 fully saturated rings. The molecular weight excluding hydrogens is 170 g/mol. The highest BCUT2D eigenvalue weighted by atomic mass is 16.5. The maximum Gasteiger partial charge on any atom is 0.248 e. The van der Waals surface area contributed by atoms with Crippen molar-refractivity contribution in [1.82, 2.24) is 4.90 Å². The summed E-state index contributed by atoms with van der Waals surface area (Å²) in [5.41, 5.74) is 0. The first-order chi connectivity index (χ1) is 6.13. The van der Waals surface area contributed by atoms with Gasteiger partial charge in [-0.05, 0) is 13.8 Å². The Bertz CT molecular complexity index is 176. The molecule has 0 aliphatic carbocycles. The molecule has 1 N–H and O–H groups in total. The van der Waals surface area contributed by atoms with Gasteiger partial charge in [-0.15, -0.1) is 0 Å². The van der Waals surface area contributed by atoms with E-state index in [1.54, 1.807) is 4.90 Å². The van der Waals surface area contributed by atoms with Crippen molar-refractivity contribution >= 4 is 5.91 Å². The number of aliphatic hydroxyl groups is 1.